The van der Waals surface area contributed by atoms with E-state index < -0.39 is 17.4 Å². The normalized spacial score (nSPS) is 15.1. The van der Waals surface area contributed by atoms with Gasteiger partial charge in [-0.2, -0.15) is 9.78 Å². The summed E-state index contributed by atoms with van der Waals surface area (Å²) in [5, 5.41) is 11.4. The maximum absolute atomic E-state index is 15.6. The number of carbonyl (C=O) groups is 1. The van der Waals surface area contributed by atoms with Crippen LogP contribution in [-0.2, 0) is 24.5 Å². The van der Waals surface area contributed by atoms with Crippen LogP contribution in [0.4, 0.5) is 10.1 Å². The summed E-state index contributed by atoms with van der Waals surface area (Å²) < 4.78 is 23.9. The van der Waals surface area contributed by atoms with Crippen molar-refractivity contribution in [2.24, 2.45) is 0 Å². The number of aromatic nitrogens is 5. The zero-order valence-electron chi connectivity index (χ0n) is 21.9. The third-order valence-corrected chi connectivity index (χ3v) is 7.16. The van der Waals surface area contributed by atoms with Gasteiger partial charge in [-0.25, -0.2) is 9.18 Å². The molecule has 2 aromatic carbocycles. The maximum Gasteiger partial charge on any atom is 0.350 e. The van der Waals surface area contributed by atoms with Crippen LogP contribution in [0, 0.1) is 12.7 Å². The van der Waals surface area contributed by atoms with Gasteiger partial charge in [0.15, 0.2) is 5.82 Å². The molecular formula is C28H28ClFN6O3. The first-order chi connectivity index (χ1) is 18.7. The molecule has 0 aliphatic carbocycles. The van der Waals surface area contributed by atoms with Gasteiger partial charge in [0.25, 0.3) is 5.91 Å². The van der Waals surface area contributed by atoms with Crippen molar-refractivity contribution in [3.05, 3.63) is 104 Å². The summed E-state index contributed by atoms with van der Waals surface area (Å²) in [4.78, 5) is 28.3. The lowest BCUT2D eigenvalue weighted by molar-refractivity contribution is 0.0977. The third-order valence-electron chi connectivity index (χ3n) is 6.90. The molecule has 39 heavy (non-hydrogen) atoms. The van der Waals surface area contributed by atoms with Crippen LogP contribution in [0.5, 0.6) is 0 Å². The van der Waals surface area contributed by atoms with Crippen molar-refractivity contribution in [3.8, 4) is 5.69 Å². The summed E-state index contributed by atoms with van der Waals surface area (Å²) in [5.74, 6) is -1.13. The topological polar surface area (TPSA) is 98.0 Å². The van der Waals surface area contributed by atoms with E-state index in [9.17, 15) is 9.59 Å². The van der Waals surface area contributed by atoms with E-state index in [1.807, 2.05) is 44.2 Å². The molecule has 0 fully saturated rings. The van der Waals surface area contributed by atoms with Crippen molar-refractivity contribution in [2.45, 2.75) is 46.4 Å². The van der Waals surface area contributed by atoms with E-state index in [-0.39, 0.29) is 35.5 Å². The van der Waals surface area contributed by atoms with Crippen LogP contribution in [0.2, 0.25) is 5.15 Å². The van der Waals surface area contributed by atoms with E-state index in [4.69, 9.17) is 16.3 Å². The van der Waals surface area contributed by atoms with Gasteiger partial charge >= 0.3 is 5.69 Å². The summed E-state index contributed by atoms with van der Waals surface area (Å²) in [6.45, 7) is 10.5. The summed E-state index contributed by atoms with van der Waals surface area (Å²) in [7, 11) is 0. The SMILES string of the molecule is C=C(C)C1CN(c2c(C)n[nH]c2Cl)C(=O)c2cc(F)c(-n3nc(COCc4ccccc4)n(CC)c3=O)cc21. The number of fused-ring (bicyclic) bond motifs is 1. The first kappa shape index (κ1) is 26.6. The van der Waals surface area contributed by atoms with E-state index in [1.54, 1.807) is 6.92 Å². The van der Waals surface area contributed by atoms with Crippen LogP contribution in [0.1, 0.15) is 52.8 Å². The van der Waals surface area contributed by atoms with Gasteiger partial charge in [0.2, 0.25) is 0 Å². The Morgan fingerprint density at radius 1 is 1.23 bits per heavy atom. The number of halogens is 2. The van der Waals surface area contributed by atoms with E-state index >= 15 is 4.39 Å². The van der Waals surface area contributed by atoms with Crippen molar-refractivity contribution >= 4 is 23.2 Å². The number of rotatable bonds is 8. The molecular weight excluding hydrogens is 523 g/mol. The number of hydrogen-bond acceptors (Lipinski definition) is 5. The quantitative estimate of drug-likeness (QED) is 0.314. The highest BCUT2D eigenvalue weighted by Crippen LogP contribution is 2.39. The fraction of sp³-hybridized carbons (Fsp3) is 0.286. The van der Waals surface area contributed by atoms with Crippen LogP contribution in [0.15, 0.2) is 59.4 Å². The minimum atomic E-state index is -0.751. The molecule has 2 aromatic heterocycles. The predicted octanol–water partition coefficient (Wildman–Crippen LogP) is 4.91. The van der Waals surface area contributed by atoms with Crippen molar-refractivity contribution < 1.29 is 13.9 Å². The van der Waals surface area contributed by atoms with E-state index in [2.05, 4.69) is 21.9 Å². The summed E-state index contributed by atoms with van der Waals surface area (Å²) in [5.41, 5.74) is 2.95. The van der Waals surface area contributed by atoms with Gasteiger partial charge in [-0.3, -0.25) is 14.5 Å². The Kier molecular flexibility index (Phi) is 7.24. The van der Waals surface area contributed by atoms with E-state index in [1.165, 1.54) is 15.5 Å². The number of ether oxygens (including phenoxy) is 1. The largest absolute Gasteiger partial charge is 0.369 e. The van der Waals surface area contributed by atoms with Gasteiger partial charge in [0.1, 0.15) is 29.0 Å². The van der Waals surface area contributed by atoms with E-state index in [0.717, 1.165) is 21.9 Å². The smallest absolute Gasteiger partial charge is 0.350 e. The number of carbonyl (C=O) groups excluding carboxylic acids is 1. The molecule has 3 heterocycles. The second-order valence-corrected chi connectivity index (χ2v) is 9.89. The lowest BCUT2D eigenvalue weighted by Gasteiger charge is -2.35. The summed E-state index contributed by atoms with van der Waals surface area (Å²) in [6.07, 6.45) is 0. The van der Waals surface area contributed by atoms with Crippen molar-refractivity contribution in [1.29, 1.82) is 0 Å². The minimum absolute atomic E-state index is 0.0414. The predicted molar refractivity (Wildman–Crippen MR) is 146 cm³/mol. The number of hydrogen-bond donors (Lipinski definition) is 1. The number of anilines is 1. The molecule has 1 N–H and O–H groups in total. The number of aromatic amines is 1. The summed E-state index contributed by atoms with van der Waals surface area (Å²) >= 11 is 6.29. The Balaban J connectivity index is 1.52. The summed E-state index contributed by atoms with van der Waals surface area (Å²) in [6, 6.07) is 12.3. The lowest BCUT2D eigenvalue weighted by atomic mass is 9.84. The number of nitrogens with one attached hydrogen (secondary N) is 1. The number of benzene rings is 2. The highest BCUT2D eigenvalue weighted by molar-refractivity contribution is 6.33. The zero-order valence-corrected chi connectivity index (χ0v) is 22.6. The monoisotopic (exact) mass is 550 g/mol. The molecule has 1 aliphatic rings. The van der Waals surface area contributed by atoms with Gasteiger partial charge in [0, 0.05) is 24.6 Å². The second-order valence-electron chi connectivity index (χ2n) is 9.51. The molecule has 0 bridgehead atoms. The molecule has 5 rings (SSSR count). The van der Waals surface area contributed by atoms with Gasteiger partial charge in [0.05, 0.1) is 12.3 Å². The van der Waals surface area contributed by atoms with Crippen LogP contribution in [0.3, 0.4) is 0 Å². The Morgan fingerprint density at radius 3 is 2.62 bits per heavy atom. The molecule has 1 atom stereocenters. The molecule has 0 spiro atoms. The van der Waals surface area contributed by atoms with Gasteiger partial charge < -0.3 is 9.64 Å². The van der Waals surface area contributed by atoms with Gasteiger partial charge in [-0.15, -0.1) is 5.10 Å². The van der Waals surface area contributed by atoms with Crippen LogP contribution >= 0.6 is 11.6 Å². The molecule has 0 radical (unpaired) electrons. The lowest BCUT2D eigenvalue weighted by Crippen LogP contribution is -2.41. The zero-order chi connectivity index (χ0) is 27.8. The van der Waals surface area contributed by atoms with Crippen LogP contribution in [0.25, 0.3) is 5.69 Å². The molecule has 9 nitrogen and oxygen atoms in total. The Labute approximate surface area is 229 Å². The Hall–Kier alpha value is -4.02. The standard InChI is InChI=1S/C28H28ClFN6O3/c1-5-34-24(15-39-14-18-9-7-6-8-10-18)33-36(28(34)38)23-12-19-20(11-22(23)30)27(37)35(13-21(19)16(2)3)25-17(4)31-32-26(25)29/h6-12,21H,2,5,13-15H2,1,3-4H3,(H,31,32). The van der Waals surface area contributed by atoms with Crippen molar-refractivity contribution in [1.82, 2.24) is 24.5 Å². The van der Waals surface area contributed by atoms with Gasteiger partial charge in [-0.1, -0.05) is 54.1 Å². The number of amides is 1. The second kappa shape index (κ2) is 10.6. The number of aryl methyl sites for hydroxylation is 1. The molecule has 1 amide bonds. The fourth-order valence-electron chi connectivity index (χ4n) is 4.90. The molecule has 11 heteroatoms. The Morgan fingerprint density at radius 2 is 1.97 bits per heavy atom. The molecule has 1 unspecified atom stereocenters. The first-order valence-electron chi connectivity index (χ1n) is 12.5. The molecule has 4 aromatic rings. The van der Waals surface area contributed by atoms with Crippen molar-refractivity contribution in [3.63, 3.8) is 0 Å². The minimum Gasteiger partial charge on any atom is -0.369 e. The fourth-order valence-corrected chi connectivity index (χ4v) is 5.18. The van der Waals surface area contributed by atoms with Crippen molar-refractivity contribution in [2.75, 3.05) is 11.4 Å². The van der Waals surface area contributed by atoms with Crippen LogP contribution in [-0.4, -0.2) is 37.0 Å². The molecule has 202 valence electrons. The first-order valence-corrected chi connectivity index (χ1v) is 12.9. The molecule has 0 saturated carbocycles. The molecule has 0 saturated heterocycles. The number of nitrogens with zero attached hydrogens (tertiary/aromatic N) is 5. The average Bonchev–Trinajstić information content (AvgIpc) is 3.42. The maximum atomic E-state index is 15.6. The van der Waals surface area contributed by atoms with E-state index in [0.29, 0.717) is 35.9 Å². The Bertz CT molecular complexity index is 1600. The highest BCUT2D eigenvalue weighted by Gasteiger charge is 2.36. The van der Waals surface area contributed by atoms with Gasteiger partial charge in [-0.05, 0) is 44.0 Å². The average molecular weight is 551 g/mol. The number of H-pyrrole nitrogens is 1. The third kappa shape index (κ3) is 4.81. The van der Waals surface area contributed by atoms with Crippen LogP contribution < -0.4 is 10.6 Å². The highest BCUT2D eigenvalue weighted by atomic mass is 35.5. The molecule has 1 aliphatic heterocycles.